The molecule has 1 aromatic carbocycles. The third-order valence-corrected chi connectivity index (χ3v) is 2.55. The molecule has 1 rings (SSSR count). The molecule has 102 valence electrons. The summed E-state index contributed by atoms with van der Waals surface area (Å²) in [6, 6.07) is 7.53. The zero-order valence-electron chi connectivity index (χ0n) is 10.7. The lowest BCUT2D eigenvalue weighted by atomic mass is 10.1. The van der Waals surface area contributed by atoms with Crippen LogP contribution in [0.15, 0.2) is 24.3 Å². The van der Waals surface area contributed by atoms with E-state index in [1.807, 2.05) is 38.1 Å². The van der Waals surface area contributed by atoms with Crippen LogP contribution in [0, 0.1) is 0 Å². The summed E-state index contributed by atoms with van der Waals surface area (Å²) >= 11 is 5.78. The van der Waals surface area contributed by atoms with Gasteiger partial charge in [0.15, 0.2) is 0 Å². The van der Waals surface area contributed by atoms with Crippen molar-refractivity contribution in [3.8, 4) is 0 Å². The number of nitrogens with two attached hydrogens (primary N) is 1. The summed E-state index contributed by atoms with van der Waals surface area (Å²) in [4.78, 5) is 11.5. The van der Waals surface area contributed by atoms with Gasteiger partial charge in [0.05, 0.1) is 0 Å². The van der Waals surface area contributed by atoms with Crippen LogP contribution in [0.1, 0.15) is 25.8 Å². The molecule has 0 aliphatic rings. The zero-order chi connectivity index (χ0) is 12.9. The van der Waals surface area contributed by atoms with Crippen molar-refractivity contribution in [2.75, 3.05) is 6.54 Å². The van der Waals surface area contributed by atoms with E-state index in [-0.39, 0.29) is 23.9 Å². The fourth-order valence-corrected chi connectivity index (χ4v) is 1.45. The SMILES string of the molecule is CC(C)(N)CNC(=O)CCc1ccc(Cl)cc1.Cl. The molecule has 0 spiro atoms. The highest BCUT2D eigenvalue weighted by Gasteiger charge is 2.11. The van der Waals surface area contributed by atoms with Crippen molar-refractivity contribution in [1.82, 2.24) is 5.32 Å². The van der Waals surface area contributed by atoms with E-state index >= 15 is 0 Å². The summed E-state index contributed by atoms with van der Waals surface area (Å²) in [6.45, 7) is 4.26. The Morgan fingerprint density at radius 3 is 2.39 bits per heavy atom. The minimum absolute atomic E-state index is 0. The van der Waals surface area contributed by atoms with Crippen LogP contribution in [0.3, 0.4) is 0 Å². The molecule has 0 saturated heterocycles. The number of halogens is 2. The summed E-state index contributed by atoms with van der Waals surface area (Å²) in [5, 5.41) is 3.53. The van der Waals surface area contributed by atoms with Gasteiger partial charge in [-0.2, -0.15) is 0 Å². The molecule has 0 saturated carbocycles. The summed E-state index contributed by atoms with van der Waals surface area (Å²) in [5.41, 5.74) is 6.52. The Morgan fingerprint density at radius 2 is 1.89 bits per heavy atom. The van der Waals surface area contributed by atoms with Gasteiger partial charge in [-0.3, -0.25) is 4.79 Å². The number of carbonyl (C=O) groups is 1. The summed E-state index contributed by atoms with van der Waals surface area (Å²) in [6.07, 6.45) is 1.19. The normalized spacial score (nSPS) is 10.7. The zero-order valence-corrected chi connectivity index (χ0v) is 12.3. The van der Waals surface area contributed by atoms with E-state index in [4.69, 9.17) is 17.3 Å². The molecule has 0 unspecified atom stereocenters. The number of amides is 1. The molecule has 0 aliphatic heterocycles. The standard InChI is InChI=1S/C13H19ClN2O.ClH/c1-13(2,15)9-16-12(17)8-5-10-3-6-11(14)7-4-10;/h3-4,6-7H,5,8-9,15H2,1-2H3,(H,16,17);1H. The average Bonchev–Trinajstić information content (AvgIpc) is 2.25. The highest BCUT2D eigenvalue weighted by atomic mass is 35.5. The smallest absolute Gasteiger partial charge is 0.220 e. The minimum Gasteiger partial charge on any atom is -0.354 e. The third kappa shape index (κ3) is 7.54. The van der Waals surface area contributed by atoms with Crippen LogP contribution in [-0.2, 0) is 11.2 Å². The number of carbonyl (C=O) groups excluding carboxylic acids is 1. The number of hydrogen-bond donors (Lipinski definition) is 2. The van der Waals surface area contributed by atoms with Crippen molar-refractivity contribution < 1.29 is 4.79 Å². The Morgan fingerprint density at radius 1 is 1.33 bits per heavy atom. The number of rotatable bonds is 5. The first-order valence-corrected chi connectivity index (χ1v) is 6.05. The van der Waals surface area contributed by atoms with Crippen molar-refractivity contribution in [2.45, 2.75) is 32.2 Å². The van der Waals surface area contributed by atoms with Crippen molar-refractivity contribution in [2.24, 2.45) is 5.73 Å². The maximum Gasteiger partial charge on any atom is 0.220 e. The molecule has 1 aromatic rings. The predicted octanol–water partition coefficient (Wildman–Crippen LogP) is 2.55. The largest absolute Gasteiger partial charge is 0.354 e. The molecule has 0 atom stereocenters. The van der Waals surface area contributed by atoms with Gasteiger partial charge in [-0.1, -0.05) is 23.7 Å². The fourth-order valence-electron chi connectivity index (χ4n) is 1.32. The second kappa shape index (κ2) is 7.62. The van der Waals surface area contributed by atoms with Crippen LogP contribution in [-0.4, -0.2) is 18.0 Å². The topological polar surface area (TPSA) is 55.1 Å². The van der Waals surface area contributed by atoms with E-state index in [9.17, 15) is 4.79 Å². The molecular formula is C13H20Cl2N2O. The maximum absolute atomic E-state index is 11.5. The highest BCUT2D eigenvalue weighted by molar-refractivity contribution is 6.30. The Labute approximate surface area is 119 Å². The first-order valence-electron chi connectivity index (χ1n) is 5.67. The molecule has 0 bridgehead atoms. The van der Waals surface area contributed by atoms with Gasteiger partial charge in [0.2, 0.25) is 5.91 Å². The molecule has 1 amide bonds. The second-order valence-electron chi connectivity index (χ2n) is 4.89. The Hall–Kier alpha value is -0.770. The number of hydrogen-bond acceptors (Lipinski definition) is 2. The van der Waals surface area contributed by atoms with Crippen molar-refractivity contribution in [3.63, 3.8) is 0 Å². The van der Waals surface area contributed by atoms with E-state index < -0.39 is 0 Å². The van der Waals surface area contributed by atoms with Gasteiger partial charge in [0, 0.05) is 23.5 Å². The molecule has 0 radical (unpaired) electrons. The van der Waals surface area contributed by atoms with Gasteiger partial charge in [0.1, 0.15) is 0 Å². The van der Waals surface area contributed by atoms with Crippen molar-refractivity contribution in [1.29, 1.82) is 0 Å². The number of nitrogens with one attached hydrogen (secondary N) is 1. The maximum atomic E-state index is 11.5. The first kappa shape index (κ1) is 17.2. The van der Waals surface area contributed by atoms with Crippen LogP contribution in [0.25, 0.3) is 0 Å². The van der Waals surface area contributed by atoms with Crippen LogP contribution >= 0.6 is 24.0 Å². The molecular weight excluding hydrogens is 271 g/mol. The molecule has 18 heavy (non-hydrogen) atoms. The average molecular weight is 291 g/mol. The summed E-state index contributed by atoms with van der Waals surface area (Å²) < 4.78 is 0. The first-order chi connectivity index (χ1) is 7.87. The van der Waals surface area contributed by atoms with Crippen LogP contribution in [0.2, 0.25) is 5.02 Å². The Balaban J connectivity index is 0.00000289. The molecule has 0 heterocycles. The molecule has 3 N–H and O–H groups in total. The fraction of sp³-hybridized carbons (Fsp3) is 0.462. The molecule has 0 fully saturated rings. The Kier molecular flexibility index (Phi) is 7.29. The predicted molar refractivity (Wildman–Crippen MR) is 78.3 cm³/mol. The lowest BCUT2D eigenvalue weighted by Gasteiger charge is -2.18. The Bertz CT molecular complexity index is 372. The number of aryl methyl sites for hydroxylation is 1. The lowest BCUT2D eigenvalue weighted by molar-refractivity contribution is -0.121. The lowest BCUT2D eigenvalue weighted by Crippen LogP contribution is -2.45. The van der Waals surface area contributed by atoms with Crippen LogP contribution in [0.5, 0.6) is 0 Å². The van der Waals surface area contributed by atoms with E-state index in [1.54, 1.807) is 0 Å². The monoisotopic (exact) mass is 290 g/mol. The highest BCUT2D eigenvalue weighted by Crippen LogP contribution is 2.10. The molecule has 3 nitrogen and oxygen atoms in total. The van der Waals surface area contributed by atoms with E-state index in [0.29, 0.717) is 24.4 Å². The van der Waals surface area contributed by atoms with E-state index in [0.717, 1.165) is 5.56 Å². The molecule has 0 aliphatic carbocycles. The van der Waals surface area contributed by atoms with E-state index in [1.165, 1.54) is 0 Å². The summed E-state index contributed by atoms with van der Waals surface area (Å²) in [5.74, 6) is 0.0264. The minimum atomic E-state index is -0.365. The summed E-state index contributed by atoms with van der Waals surface area (Å²) in [7, 11) is 0. The molecule has 0 aromatic heterocycles. The van der Waals surface area contributed by atoms with Gasteiger partial charge in [0.25, 0.3) is 0 Å². The van der Waals surface area contributed by atoms with Gasteiger partial charge in [-0.25, -0.2) is 0 Å². The van der Waals surface area contributed by atoms with Crippen LogP contribution in [0.4, 0.5) is 0 Å². The number of benzene rings is 1. The van der Waals surface area contributed by atoms with Gasteiger partial charge < -0.3 is 11.1 Å². The van der Waals surface area contributed by atoms with Crippen LogP contribution < -0.4 is 11.1 Å². The van der Waals surface area contributed by atoms with Crippen molar-refractivity contribution >= 4 is 29.9 Å². The van der Waals surface area contributed by atoms with Crippen molar-refractivity contribution in [3.05, 3.63) is 34.9 Å². The third-order valence-electron chi connectivity index (χ3n) is 2.30. The molecule has 5 heteroatoms. The second-order valence-corrected chi connectivity index (χ2v) is 5.33. The van der Waals surface area contributed by atoms with Gasteiger partial charge in [-0.15, -0.1) is 12.4 Å². The quantitative estimate of drug-likeness (QED) is 0.876. The van der Waals surface area contributed by atoms with Gasteiger partial charge in [-0.05, 0) is 38.0 Å². The van der Waals surface area contributed by atoms with E-state index in [2.05, 4.69) is 5.32 Å². The van der Waals surface area contributed by atoms with Gasteiger partial charge >= 0.3 is 0 Å².